The number of thiophene rings is 1. The van der Waals surface area contributed by atoms with Gasteiger partial charge in [0.05, 0.1) is 5.75 Å². The van der Waals surface area contributed by atoms with E-state index in [2.05, 4.69) is 27.7 Å². The molecule has 2 N–H and O–H groups in total. The van der Waals surface area contributed by atoms with Crippen LogP contribution in [0.4, 0.5) is 0 Å². The molecule has 2 aromatic heterocycles. The van der Waals surface area contributed by atoms with Crippen molar-refractivity contribution in [1.82, 2.24) is 20.8 Å². The average Bonchev–Trinajstić information content (AvgIpc) is 3.07. The van der Waals surface area contributed by atoms with Gasteiger partial charge in [0.1, 0.15) is 15.7 Å². The molecule has 0 saturated heterocycles. The van der Waals surface area contributed by atoms with Crippen molar-refractivity contribution in [3.05, 3.63) is 51.7 Å². The third kappa shape index (κ3) is 4.49. The van der Waals surface area contributed by atoms with Crippen molar-refractivity contribution in [2.75, 3.05) is 5.75 Å². The lowest BCUT2D eigenvalue weighted by molar-refractivity contribution is -0.119. The summed E-state index contributed by atoms with van der Waals surface area (Å²) >= 11 is 3.15. The van der Waals surface area contributed by atoms with Gasteiger partial charge in [0.2, 0.25) is 5.91 Å². The number of benzene rings is 1. The van der Waals surface area contributed by atoms with Crippen molar-refractivity contribution < 1.29 is 9.59 Å². The Kier molecular flexibility index (Phi) is 6.06. The zero-order valence-electron chi connectivity index (χ0n) is 17.2. The van der Waals surface area contributed by atoms with Crippen LogP contribution in [0.15, 0.2) is 29.3 Å². The van der Waals surface area contributed by atoms with E-state index in [0.29, 0.717) is 17.3 Å². The zero-order valence-corrected chi connectivity index (χ0v) is 18.9. The van der Waals surface area contributed by atoms with Gasteiger partial charge in [0.15, 0.2) is 0 Å². The number of carbonyl (C=O) groups is 2. The molecule has 2 amide bonds. The highest BCUT2D eigenvalue weighted by Gasteiger charge is 2.24. The first-order valence-corrected chi connectivity index (χ1v) is 11.8. The van der Waals surface area contributed by atoms with Gasteiger partial charge in [-0.2, -0.15) is 0 Å². The van der Waals surface area contributed by atoms with Crippen molar-refractivity contribution in [3.63, 3.8) is 0 Å². The Bertz CT molecular complexity index is 1110. The Morgan fingerprint density at radius 2 is 1.93 bits per heavy atom. The first-order valence-electron chi connectivity index (χ1n) is 9.98. The Morgan fingerprint density at radius 1 is 1.17 bits per heavy atom. The van der Waals surface area contributed by atoms with E-state index in [0.717, 1.165) is 33.6 Å². The van der Waals surface area contributed by atoms with E-state index < -0.39 is 0 Å². The van der Waals surface area contributed by atoms with Gasteiger partial charge in [-0.1, -0.05) is 36.4 Å². The summed E-state index contributed by atoms with van der Waals surface area (Å²) in [5.41, 5.74) is 7.88. The lowest BCUT2D eigenvalue weighted by atomic mass is 9.89. The monoisotopic (exact) mass is 440 g/mol. The Balaban J connectivity index is 1.42. The van der Waals surface area contributed by atoms with Crippen LogP contribution >= 0.6 is 23.1 Å². The molecule has 4 rings (SSSR count). The van der Waals surface area contributed by atoms with Crippen LogP contribution in [-0.2, 0) is 17.6 Å². The third-order valence-corrected chi connectivity index (χ3v) is 7.33. The minimum absolute atomic E-state index is 0.167. The molecule has 1 aromatic carbocycles. The SMILES string of the molecule is Cc1ccc(C(=O)NNC(=O)CSc2nc(C)nc3sc4c(c23)CC[C@H](C)C4)cc1. The maximum Gasteiger partial charge on any atom is 0.269 e. The number of hydrazine groups is 1. The molecule has 0 aliphatic heterocycles. The van der Waals surface area contributed by atoms with Crippen LogP contribution in [0.25, 0.3) is 10.2 Å². The fourth-order valence-electron chi connectivity index (χ4n) is 3.59. The number of nitrogens with one attached hydrogen (secondary N) is 2. The van der Waals surface area contributed by atoms with Crippen LogP contribution in [-0.4, -0.2) is 27.5 Å². The van der Waals surface area contributed by atoms with Gasteiger partial charge in [-0.3, -0.25) is 20.4 Å². The van der Waals surface area contributed by atoms with Crippen LogP contribution in [0, 0.1) is 19.8 Å². The van der Waals surface area contributed by atoms with Crippen LogP contribution in [0.3, 0.4) is 0 Å². The summed E-state index contributed by atoms with van der Waals surface area (Å²) in [5.74, 6) is 0.960. The molecule has 1 aliphatic carbocycles. The Hall–Kier alpha value is -2.45. The summed E-state index contributed by atoms with van der Waals surface area (Å²) in [7, 11) is 0. The fourth-order valence-corrected chi connectivity index (χ4v) is 5.98. The van der Waals surface area contributed by atoms with Crippen molar-refractivity contribution >= 4 is 45.1 Å². The third-order valence-electron chi connectivity index (χ3n) is 5.20. The van der Waals surface area contributed by atoms with Crippen LogP contribution in [0.5, 0.6) is 0 Å². The number of nitrogens with zero attached hydrogens (tertiary/aromatic N) is 2. The van der Waals surface area contributed by atoms with E-state index in [1.165, 1.54) is 28.6 Å². The summed E-state index contributed by atoms with van der Waals surface area (Å²) in [6, 6.07) is 7.17. The molecule has 0 fully saturated rings. The lowest BCUT2D eigenvalue weighted by Crippen LogP contribution is -2.42. The van der Waals surface area contributed by atoms with Crippen molar-refractivity contribution in [2.24, 2.45) is 5.92 Å². The van der Waals surface area contributed by atoms with Crippen molar-refractivity contribution in [1.29, 1.82) is 0 Å². The molecular weight excluding hydrogens is 416 g/mol. The summed E-state index contributed by atoms with van der Waals surface area (Å²) < 4.78 is 0. The molecular formula is C22H24N4O2S2. The highest BCUT2D eigenvalue weighted by Crippen LogP contribution is 2.40. The second kappa shape index (κ2) is 8.73. The molecule has 2 heterocycles. The fraction of sp³-hybridized carbons (Fsp3) is 0.364. The van der Waals surface area contributed by atoms with E-state index in [4.69, 9.17) is 0 Å². The van der Waals surface area contributed by atoms with Crippen molar-refractivity contribution in [2.45, 2.75) is 45.1 Å². The summed E-state index contributed by atoms with van der Waals surface area (Å²) in [6.07, 6.45) is 3.29. The topological polar surface area (TPSA) is 84.0 Å². The van der Waals surface area contributed by atoms with E-state index in [9.17, 15) is 9.59 Å². The molecule has 1 atom stereocenters. The molecule has 6 nitrogen and oxygen atoms in total. The lowest BCUT2D eigenvalue weighted by Gasteiger charge is -2.18. The van der Waals surface area contributed by atoms with Gasteiger partial charge in [0.25, 0.3) is 5.91 Å². The summed E-state index contributed by atoms with van der Waals surface area (Å²) in [5, 5.41) is 1.96. The summed E-state index contributed by atoms with van der Waals surface area (Å²) in [4.78, 5) is 36.1. The maximum absolute atomic E-state index is 12.3. The smallest absolute Gasteiger partial charge is 0.269 e. The molecule has 0 unspecified atom stereocenters. The zero-order chi connectivity index (χ0) is 21.3. The van der Waals surface area contributed by atoms with E-state index in [-0.39, 0.29) is 17.6 Å². The van der Waals surface area contributed by atoms with E-state index >= 15 is 0 Å². The van der Waals surface area contributed by atoms with Gasteiger partial charge in [-0.25, -0.2) is 9.97 Å². The van der Waals surface area contributed by atoms with Gasteiger partial charge in [-0.05, 0) is 56.7 Å². The minimum atomic E-state index is -0.338. The number of thioether (sulfide) groups is 1. The molecule has 30 heavy (non-hydrogen) atoms. The average molecular weight is 441 g/mol. The number of aromatic nitrogens is 2. The normalized spacial score (nSPS) is 15.6. The number of amides is 2. The molecule has 0 radical (unpaired) electrons. The van der Waals surface area contributed by atoms with Crippen LogP contribution in [0.1, 0.15) is 45.5 Å². The second-order valence-corrected chi connectivity index (χ2v) is 9.81. The van der Waals surface area contributed by atoms with Gasteiger partial charge < -0.3 is 0 Å². The van der Waals surface area contributed by atoms with Gasteiger partial charge in [-0.15, -0.1) is 11.3 Å². The van der Waals surface area contributed by atoms with Gasteiger partial charge >= 0.3 is 0 Å². The molecule has 1 aliphatic rings. The maximum atomic E-state index is 12.3. The first kappa shape index (κ1) is 20.8. The molecule has 0 bridgehead atoms. The summed E-state index contributed by atoms with van der Waals surface area (Å²) in [6.45, 7) is 6.12. The highest BCUT2D eigenvalue weighted by atomic mass is 32.2. The predicted octanol–water partition coefficient (Wildman–Crippen LogP) is 3.99. The minimum Gasteiger partial charge on any atom is -0.272 e. The Labute approximate surface area is 183 Å². The number of aryl methyl sites for hydroxylation is 3. The van der Waals surface area contributed by atoms with Crippen LogP contribution in [0.2, 0.25) is 0 Å². The number of fused-ring (bicyclic) bond motifs is 3. The second-order valence-electron chi connectivity index (χ2n) is 7.76. The molecule has 0 saturated carbocycles. The molecule has 3 aromatic rings. The van der Waals surface area contributed by atoms with Crippen molar-refractivity contribution in [3.8, 4) is 0 Å². The number of hydrogen-bond acceptors (Lipinski definition) is 6. The molecule has 0 spiro atoms. The van der Waals surface area contributed by atoms with E-state index in [1.54, 1.807) is 23.5 Å². The predicted molar refractivity (Wildman–Crippen MR) is 121 cm³/mol. The number of carbonyl (C=O) groups excluding carboxylic acids is 2. The highest BCUT2D eigenvalue weighted by molar-refractivity contribution is 8.00. The quantitative estimate of drug-likeness (QED) is 0.364. The number of rotatable bonds is 4. The Morgan fingerprint density at radius 3 is 2.70 bits per heavy atom. The van der Waals surface area contributed by atoms with E-state index in [1.807, 2.05) is 26.0 Å². The standard InChI is InChI=1S/C22H24N4O2S2/c1-12-4-7-15(8-5-12)20(28)26-25-18(27)11-29-21-19-16-9-6-13(2)10-17(16)30-22(19)24-14(3)23-21/h4-5,7-8,13H,6,9-11H2,1-3H3,(H,25,27)(H,26,28)/t13-/m0/s1. The number of hydrogen-bond donors (Lipinski definition) is 2. The first-order chi connectivity index (χ1) is 14.4. The molecule has 8 heteroatoms. The largest absolute Gasteiger partial charge is 0.272 e. The van der Waals surface area contributed by atoms with Crippen LogP contribution < -0.4 is 10.9 Å². The van der Waals surface area contributed by atoms with Gasteiger partial charge in [0, 0.05) is 15.8 Å². The molecule has 156 valence electrons.